The van der Waals surface area contributed by atoms with Gasteiger partial charge in [0, 0.05) is 6.42 Å². The van der Waals surface area contributed by atoms with Crippen LogP contribution in [0.5, 0.6) is 0 Å². The molecule has 0 bridgehead atoms. The molecule has 0 saturated heterocycles. The van der Waals surface area contributed by atoms with Crippen molar-refractivity contribution < 1.29 is 26.3 Å². The summed E-state index contributed by atoms with van der Waals surface area (Å²) < 4.78 is 79.8. The Morgan fingerprint density at radius 2 is 1.29 bits per heavy atom. The van der Waals surface area contributed by atoms with Gasteiger partial charge in [-0.2, -0.15) is 31.3 Å². The molecule has 0 N–H and O–H groups in total. The van der Waals surface area contributed by atoms with Crippen LogP contribution in [0, 0.1) is 0 Å². The second kappa shape index (κ2) is 9.46. The zero-order valence-corrected chi connectivity index (χ0v) is 18.8. The Hall–Kier alpha value is -2.79. The molecule has 2 aromatic carbocycles. The normalized spacial score (nSPS) is 12.3. The van der Waals surface area contributed by atoms with Crippen molar-refractivity contribution in [2.75, 3.05) is 0 Å². The molecule has 1 aromatic heterocycles. The van der Waals surface area contributed by atoms with Gasteiger partial charge < -0.3 is 0 Å². The summed E-state index contributed by atoms with van der Waals surface area (Å²) in [6.07, 6.45) is -8.22. The molecule has 182 valence electrons. The first-order valence-corrected chi connectivity index (χ1v) is 10.5. The van der Waals surface area contributed by atoms with Gasteiger partial charge >= 0.3 is 23.7 Å². The molecule has 13 heteroatoms. The van der Waals surface area contributed by atoms with Crippen LogP contribution in [-0.4, -0.2) is 14.1 Å². The van der Waals surface area contributed by atoms with Crippen molar-refractivity contribution in [3.8, 4) is 11.4 Å². The number of halogens is 8. The van der Waals surface area contributed by atoms with E-state index in [-0.39, 0.29) is 23.6 Å². The van der Waals surface area contributed by atoms with Crippen LogP contribution in [0.4, 0.5) is 26.3 Å². The molecule has 0 saturated carbocycles. The van der Waals surface area contributed by atoms with Crippen LogP contribution in [0.25, 0.3) is 11.4 Å². The Balaban J connectivity index is 2.28. The number of aryl methyl sites for hydroxylation is 1. The van der Waals surface area contributed by atoms with E-state index in [0.29, 0.717) is 29.5 Å². The van der Waals surface area contributed by atoms with E-state index in [9.17, 15) is 35.9 Å². The van der Waals surface area contributed by atoms with Crippen molar-refractivity contribution in [1.82, 2.24) is 14.1 Å². The summed E-state index contributed by atoms with van der Waals surface area (Å²) in [6.45, 7) is 1.84. The molecule has 0 aliphatic heterocycles. The van der Waals surface area contributed by atoms with Gasteiger partial charge in [-0.1, -0.05) is 36.5 Å². The van der Waals surface area contributed by atoms with E-state index in [1.165, 1.54) is 0 Å². The number of rotatable bonds is 5. The number of hydrogen-bond acceptors (Lipinski definition) is 3. The highest BCUT2D eigenvalue weighted by Crippen LogP contribution is 2.36. The summed E-state index contributed by atoms with van der Waals surface area (Å²) >= 11 is 11.5. The van der Waals surface area contributed by atoms with Gasteiger partial charge in [-0.3, -0.25) is 0 Å². The van der Waals surface area contributed by atoms with Gasteiger partial charge in [-0.25, -0.2) is 18.7 Å². The average molecular weight is 526 g/mol. The number of alkyl halides is 6. The van der Waals surface area contributed by atoms with Crippen molar-refractivity contribution in [2.45, 2.75) is 38.5 Å². The van der Waals surface area contributed by atoms with E-state index in [2.05, 4.69) is 4.98 Å². The Bertz CT molecular complexity index is 1350. The van der Waals surface area contributed by atoms with Crippen LogP contribution in [0.15, 0.2) is 46.0 Å². The van der Waals surface area contributed by atoms with Gasteiger partial charge in [-0.05, 0) is 42.8 Å². The first-order valence-electron chi connectivity index (χ1n) is 9.75. The monoisotopic (exact) mass is 525 g/mol. The van der Waals surface area contributed by atoms with Crippen molar-refractivity contribution in [2.24, 2.45) is 0 Å². The number of hydrogen-bond donors (Lipinski definition) is 0. The lowest BCUT2D eigenvalue weighted by molar-refractivity contribution is -0.138. The number of nitrogens with zero attached hydrogens (tertiary/aromatic N) is 3. The van der Waals surface area contributed by atoms with E-state index in [0.717, 1.165) is 28.8 Å². The Labute approximate surface area is 198 Å². The largest absolute Gasteiger partial charge is 0.417 e. The molecule has 0 fully saturated rings. The van der Waals surface area contributed by atoms with Crippen LogP contribution in [0.3, 0.4) is 0 Å². The van der Waals surface area contributed by atoms with E-state index in [4.69, 9.17) is 23.2 Å². The topological polar surface area (TPSA) is 56.9 Å². The lowest BCUT2D eigenvalue weighted by Gasteiger charge is -2.17. The van der Waals surface area contributed by atoms with Gasteiger partial charge in [-0.15, -0.1) is 0 Å². The average Bonchev–Trinajstić information content (AvgIpc) is 2.70. The highest BCUT2D eigenvalue weighted by Gasteiger charge is 2.34. The van der Waals surface area contributed by atoms with Gasteiger partial charge in [0.2, 0.25) is 0 Å². The van der Waals surface area contributed by atoms with Crippen LogP contribution in [-0.2, 0) is 18.8 Å². The third-order valence-corrected chi connectivity index (χ3v) is 5.47. The van der Waals surface area contributed by atoms with E-state index in [1.54, 1.807) is 0 Å². The van der Waals surface area contributed by atoms with E-state index < -0.39 is 44.9 Å². The number of benzene rings is 2. The molecule has 0 aliphatic rings. The lowest BCUT2D eigenvalue weighted by atomic mass is 10.2. The minimum absolute atomic E-state index is 0.0399. The summed E-state index contributed by atoms with van der Waals surface area (Å²) in [5.74, 6) is -0.0399. The molecule has 0 aliphatic carbocycles. The maximum atomic E-state index is 13.3. The van der Waals surface area contributed by atoms with Crippen molar-refractivity contribution in [1.29, 1.82) is 0 Å². The molecule has 34 heavy (non-hydrogen) atoms. The Morgan fingerprint density at radius 1 is 0.824 bits per heavy atom. The number of unbranched alkanes of at least 4 members (excludes halogenated alkanes) is 1. The molecular weight excluding hydrogens is 511 g/mol. The first kappa shape index (κ1) is 25.8. The fourth-order valence-electron chi connectivity index (χ4n) is 3.23. The van der Waals surface area contributed by atoms with Crippen LogP contribution in [0.2, 0.25) is 10.0 Å². The molecule has 3 aromatic rings. The summed E-state index contributed by atoms with van der Waals surface area (Å²) in [4.78, 5) is 29.8. The van der Waals surface area contributed by atoms with Crippen molar-refractivity contribution >= 4 is 23.2 Å². The number of aromatic nitrogens is 3. The third kappa shape index (κ3) is 5.15. The quantitative estimate of drug-likeness (QED) is 0.380. The van der Waals surface area contributed by atoms with E-state index in [1.807, 2.05) is 6.92 Å². The molecule has 0 amide bonds. The SMILES string of the molecule is CCCCc1nc(=O)n(-c2ccc(C(F)(F)F)c(Cl)c2)c(=O)n1-c1ccc(C(F)(F)F)c(Cl)c1. The molecule has 0 unspecified atom stereocenters. The minimum atomic E-state index is -4.76. The minimum Gasteiger partial charge on any atom is -0.249 e. The van der Waals surface area contributed by atoms with Gasteiger partial charge in [0.05, 0.1) is 32.5 Å². The zero-order valence-electron chi connectivity index (χ0n) is 17.3. The predicted octanol–water partition coefficient (Wildman–Crippen LogP) is 6.07. The van der Waals surface area contributed by atoms with Crippen LogP contribution < -0.4 is 11.4 Å². The second-order valence-electron chi connectivity index (χ2n) is 7.19. The molecule has 1 heterocycles. The zero-order chi connectivity index (χ0) is 25.4. The highest BCUT2D eigenvalue weighted by molar-refractivity contribution is 6.32. The fourth-order valence-corrected chi connectivity index (χ4v) is 3.80. The van der Waals surface area contributed by atoms with Crippen molar-refractivity contribution in [3.63, 3.8) is 0 Å². The maximum Gasteiger partial charge on any atom is 0.417 e. The molecule has 0 radical (unpaired) electrons. The van der Waals surface area contributed by atoms with Crippen molar-refractivity contribution in [3.05, 3.63) is 84.4 Å². The van der Waals surface area contributed by atoms with Crippen LogP contribution >= 0.6 is 23.2 Å². The fraction of sp³-hybridized carbons (Fsp3) is 0.286. The van der Waals surface area contributed by atoms with Gasteiger partial charge in [0.15, 0.2) is 0 Å². The third-order valence-electron chi connectivity index (χ3n) is 4.84. The molecule has 3 rings (SSSR count). The van der Waals surface area contributed by atoms with Crippen LogP contribution in [0.1, 0.15) is 36.7 Å². The Kier molecular flexibility index (Phi) is 7.18. The molecule has 0 atom stereocenters. The summed E-state index contributed by atoms with van der Waals surface area (Å²) in [7, 11) is 0. The highest BCUT2D eigenvalue weighted by atomic mass is 35.5. The molecule has 0 spiro atoms. The molecular formula is C21H15Cl2F6N3O2. The summed E-state index contributed by atoms with van der Waals surface area (Å²) in [5.41, 5.74) is -4.84. The van der Waals surface area contributed by atoms with Gasteiger partial charge in [0.1, 0.15) is 5.82 Å². The Morgan fingerprint density at radius 3 is 1.71 bits per heavy atom. The maximum absolute atomic E-state index is 13.3. The second-order valence-corrected chi connectivity index (χ2v) is 8.01. The summed E-state index contributed by atoms with van der Waals surface area (Å²) in [5, 5.41) is -1.44. The van der Waals surface area contributed by atoms with Gasteiger partial charge in [0.25, 0.3) is 0 Å². The van der Waals surface area contributed by atoms with E-state index >= 15 is 0 Å². The smallest absolute Gasteiger partial charge is 0.249 e. The first-order chi connectivity index (χ1) is 15.8. The lowest BCUT2D eigenvalue weighted by Crippen LogP contribution is -2.42. The molecule has 5 nitrogen and oxygen atoms in total. The standard InChI is InChI=1S/C21H15Cl2F6N3O2/c1-2-3-4-17-30-18(33)32(12-6-8-14(16(23)10-12)21(27,28)29)19(34)31(17)11-5-7-13(15(22)9-11)20(24,25)26/h5-10H,2-4H2,1H3. The summed E-state index contributed by atoms with van der Waals surface area (Å²) in [6, 6.07) is 4.82. The predicted molar refractivity (Wildman–Crippen MR) is 114 cm³/mol.